The molecule has 0 spiro atoms. The number of phenols is 1. The Hall–Kier alpha value is -5.19. The molecule has 46 heavy (non-hydrogen) atoms. The molecule has 2 amide bonds. The van der Waals surface area contributed by atoms with Crippen LogP contribution >= 0.6 is 0 Å². The number of aryl methyl sites for hydroxylation is 1. The molecule has 5 aromatic rings. The van der Waals surface area contributed by atoms with Gasteiger partial charge in [-0.05, 0) is 87.4 Å². The number of hydrogen-bond donors (Lipinski definition) is 3. The maximum Gasteiger partial charge on any atom is 0.389 e. The number of phenolic OH excluding ortho intramolecular Hbond substituents is 1. The van der Waals surface area contributed by atoms with Gasteiger partial charge in [-0.25, -0.2) is 9.37 Å². The van der Waals surface area contributed by atoms with Gasteiger partial charge in [-0.1, -0.05) is 30.3 Å². The first-order valence-corrected chi connectivity index (χ1v) is 14.3. The average molecular weight is 636 g/mol. The van der Waals surface area contributed by atoms with Gasteiger partial charge >= 0.3 is 6.18 Å². The van der Waals surface area contributed by atoms with E-state index in [0.717, 1.165) is 0 Å². The summed E-state index contributed by atoms with van der Waals surface area (Å²) in [5, 5.41) is 14.3. The molecule has 3 N–H and O–H groups in total. The molecule has 2 heterocycles. The van der Waals surface area contributed by atoms with Crippen LogP contribution < -0.4 is 10.6 Å². The average Bonchev–Trinajstić information content (AvgIpc) is 3.37. The summed E-state index contributed by atoms with van der Waals surface area (Å²) in [4.78, 5) is 30.1. The lowest BCUT2D eigenvalue weighted by Gasteiger charge is -2.20. The van der Waals surface area contributed by atoms with E-state index in [0.29, 0.717) is 28.0 Å². The number of carbonyl (C=O) groups excluding carboxylic acids is 2. The van der Waals surface area contributed by atoms with Gasteiger partial charge < -0.3 is 20.2 Å². The molecule has 0 aliphatic heterocycles. The number of nitrogens with zero attached hydrogens (tertiary/aromatic N) is 1. The van der Waals surface area contributed by atoms with Gasteiger partial charge in [-0.2, -0.15) is 13.2 Å². The van der Waals surface area contributed by atoms with Crippen LogP contribution in [0.2, 0.25) is 0 Å². The lowest BCUT2D eigenvalue weighted by molar-refractivity contribution is -0.134. The quantitative estimate of drug-likeness (QED) is 0.164. The Bertz CT molecular complexity index is 1830. The summed E-state index contributed by atoms with van der Waals surface area (Å²) in [5.41, 5.74) is 1.16. The van der Waals surface area contributed by atoms with Crippen molar-refractivity contribution < 1.29 is 36.7 Å². The van der Waals surface area contributed by atoms with Gasteiger partial charge in [0.05, 0.1) is 16.6 Å². The molecule has 0 saturated carbocycles. The third-order valence-corrected chi connectivity index (χ3v) is 6.65. The first-order chi connectivity index (χ1) is 21.6. The second-order valence-corrected chi connectivity index (χ2v) is 11.5. The van der Waals surface area contributed by atoms with Crippen molar-refractivity contribution in [1.82, 2.24) is 15.6 Å². The van der Waals surface area contributed by atoms with Crippen molar-refractivity contribution in [3.05, 3.63) is 108 Å². The number of aromatic hydroxyl groups is 1. The number of hydrogen-bond acceptors (Lipinski definition) is 5. The molecule has 11 heteroatoms. The zero-order chi connectivity index (χ0) is 33.6. The molecule has 0 aliphatic rings. The molecular formula is C35H33F4N3O4. The highest BCUT2D eigenvalue weighted by molar-refractivity contribution is 6.11. The van der Waals surface area contributed by atoms with Crippen LogP contribution in [0.1, 0.15) is 53.6 Å². The van der Waals surface area contributed by atoms with Crippen molar-refractivity contribution in [1.29, 1.82) is 0 Å². The highest BCUT2D eigenvalue weighted by Crippen LogP contribution is 2.37. The summed E-state index contributed by atoms with van der Waals surface area (Å²) in [6, 6.07) is 22.0. The maximum atomic E-state index is 13.5. The minimum absolute atomic E-state index is 0.0320. The predicted molar refractivity (Wildman–Crippen MR) is 168 cm³/mol. The monoisotopic (exact) mass is 635 g/mol. The smallest absolute Gasteiger partial charge is 0.389 e. The second-order valence-electron chi connectivity index (χ2n) is 11.5. The number of rotatable bonds is 6. The van der Waals surface area contributed by atoms with Crippen molar-refractivity contribution in [3.8, 4) is 28.2 Å². The van der Waals surface area contributed by atoms with E-state index in [4.69, 9.17) is 9.52 Å². The lowest BCUT2D eigenvalue weighted by Crippen LogP contribution is -2.40. The number of benzene rings is 3. The van der Waals surface area contributed by atoms with Gasteiger partial charge in [0.25, 0.3) is 11.8 Å². The molecule has 3 aromatic carbocycles. The molecular weight excluding hydrogens is 602 g/mol. The van der Waals surface area contributed by atoms with Crippen LogP contribution in [0, 0.1) is 5.82 Å². The largest absolute Gasteiger partial charge is 0.508 e. The van der Waals surface area contributed by atoms with Gasteiger partial charge in [-0.3, -0.25) is 9.59 Å². The van der Waals surface area contributed by atoms with Gasteiger partial charge in [-0.15, -0.1) is 0 Å². The van der Waals surface area contributed by atoms with E-state index in [9.17, 15) is 27.2 Å². The zero-order valence-corrected chi connectivity index (χ0v) is 25.6. The van der Waals surface area contributed by atoms with Crippen LogP contribution in [0.25, 0.3) is 33.6 Å². The zero-order valence-electron chi connectivity index (χ0n) is 25.6. The van der Waals surface area contributed by atoms with Crippen LogP contribution in [-0.2, 0) is 6.42 Å². The molecule has 2 aromatic heterocycles. The summed E-state index contributed by atoms with van der Waals surface area (Å²) >= 11 is 0. The normalized spacial score (nSPS) is 11.5. The van der Waals surface area contributed by atoms with Gasteiger partial charge in [0.2, 0.25) is 5.71 Å². The van der Waals surface area contributed by atoms with E-state index in [1.165, 1.54) is 31.3 Å². The third-order valence-electron chi connectivity index (χ3n) is 6.65. The third kappa shape index (κ3) is 8.71. The van der Waals surface area contributed by atoms with E-state index >= 15 is 0 Å². The Morgan fingerprint density at radius 2 is 1.54 bits per heavy atom. The summed E-state index contributed by atoms with van der Waals surface area (Å²) < 4.78 is 59.0. The highest BCUT2D eigenvalue weighted by atomic mass is 19.4. The highest BCUT2D eigenvalue weighted by Gasteiger charge is 2.29. The molecule has 240 valence electrons. The number of nitrogens with one attached hydrogen (secondary N) is 2. The van der Waals surface area contributed by atoms with Crippen molar-refractivity contribution in [2.45, 2.75) is 45.3 Å². The molecule has 0 atom stereocenters. The number of carbonyl (C=O) groups is 2. The van der Waals surface area contributed by atoms with Gasteiger partial charge in [0, 0.05) is 35.7 Å². The SMILES string of the molecule is CNC(=O)c1c(-c2ccc(F)cc2)oc2nc(CCC(F)(F)F)c(-c3cccc(C(=O)NC(C)(C)C)c3)cc12.Oc1ccccc1. The number of halogens is 4. The Labute approximate surface area is 263 Å². The molecule has 0 fully saturated rings. The summed E-state index contributed by atoms with van der Waals surface area (Å²) in [6.45, 7) is 5.50. The molecule has 0 unspecified atom stereocenters. The van der Waals surface area contributed by atoms with Crippen molar-refractivity contribution in [2.75, 3.05) is 7.05 Å². The number of furan rings is 1. The number of pyridine rings is 1. The van der Waals surface area contributed by atoms with E-state index < -0.39 is 36.3 Å². The lowest BCUT2D eigenvalue weighted by atomic mass is 9.96. The fraction of sp³-hybridized carbons (Fsp3) is 0.229. The minimum Gasteiger partial charge on any atom is -0.508 e. The Kier molecular flexibility index (Phi) is 10.1. The molecule has 0 aliphatic carbocycles. The van der Waals surface area contributed by atoms with Crippen LogP contribution in [0.15, 0.2) is 89.3 Å². The Morgan fingerprint density at radius 3 is 2.11 bits per heavy atom. The molecule has 0 radical (unpaired) electrons. The Morgan fingerprint density at radius 1 is 0.870 bits per heavy atom. The molecule has 0 bridgehead atoms. The fourth-order valence-corrected chi connectivity index (χ4v) is 4.58. The predicted octanol–water partition coefficient (Wildman–Crippen LogP) is 8.08. The summed E-state index contributed by atoms with van der Waals surface area (Å²) in [7, 11) is 1.43. The summed E-state index contributed by atoms with van der Waals surface area (Å²) in [6.07, 6.45) is -6.01. The number of fused-ring (bicyclic) bond motifs is 1. The summed E-state index contributed by atoms with van der Waals surface area (Å²) in [5.74, 6) is -0.913. The van der Waals surface area contributed by atoms with E-state index in [-0.39, 0.29) is 34.0 Å². The van der Waals surface area contributed by atoms with Crippen molar-refractivity contribution in [3.63, 3.8) is 0 Å². The number of para-hydroxylation sites is 1. The Balaban J connectivity index is 0.000000606. The standard InChI is InChI=1S/C29H27F4N3O3.C6H6O/c1-28(2,3)36-25(37)18-7-5-6-17(14-18)20-15-21-23(26(38)34-4)24(16-8-10-19(30)11-9-16)39-27(21)35-22(20)12-13-29(31,32)33;7-6-4-2-1-3-5-6/h5-11,14-15H,12-13H2,1-4H3,(H,34,38)(H,36,37);1-5,7H. The molecule has 7 nitrogen and oxygen atoms in total. The molecule has 0 saturated heterocycles. The van der Waals surface area contributed by atoms with Gasteiger partial charge in [0.15, 0.2) is 0 Å². The van der Waals surface area contributed by atoms with Crippen molar-refractivity contribution in [2.24, 2.45) is 0 Å². The number of amides is 2. The fourth-order valence-electron chi connectivity index (χ4n) is 4.58. The van der Waals surface area contributed by atoms with E-state index in [1.54, 1.807) is 54.6 Å². The van der Waals surface area contributed by atoms with E-state index in [1.807, 2.05) is 26.8 Å². The van der Waals surface area contributed by atoms with Crippen LogP contribution in [0.5, 0.6) is 5.75 Å². The van der Waals surface area contributed by atoms with Crippen LogP contribution in [0.3, 0.4) is 0 Å². The first-order valence-electron chi connectivity index (χ1n) is 14.3. The van der Waals surface area contributed by atoms with Crippen LogP contribution in [0.4, 0.5) is 17.6 Å². The van der Waals surface area contributed by atoms with E-state index in [2.05, 4.69) is 15.6 Å². The molecule has 5 rings (SSSR count). The van der Waals surface area contributed by atoms with Crippen molar-refractivity contribution >= 4 is 22.9 Å². The number of alkyl halides is 3. The van der Waals surface area contributed by atoms with Gasteiger partial charge in [0.1, 0.15) is 17.3 Å². The topological polar surface area (TPSA) is 104 Å². The second kappa shape index (κ2) is 13.8. The maximum absolute atomic E-state index is 13.5. The van der Waals surface area contributed by atoms with Crippen LogP contribution in [-0.4, -0.2) is 40.7 Å². The first kappa shape index (κ1) is 33.7. The number of aromatic nitrogens is 1. The minimum atomic E-state index is -4.43.